The molecule has 0 unspecified atom stereocenters. The fraction of sp³-hybridized carbons (Fsp3) is 0.500. The molecule has 0 aliphatic carbocycles. The van der Waals surface area contributed by atoms with Gasteiger partial charge in [-0.05, 0) is 78.8 Å². The maximum atomic E-state index is 12.8. The van der Waals surface area contributed by atoms with Crippen molar-refractivity contribution < 1.29 is 19.1 Å². The molecule has 2 aliphatic rings. The van der Waals surface area contributed by atoms with Crippen LogP contribution in [0.5, 0.6) is 5.75 Å². The van der Waals surface area contributed by atoms with Crippen molar-refractivity contribution >= 4 is 34.9 Å². The molecule has 2 aliphatic heterocycles. The highest BCUT2D eigenvalue weighted by Gasteiger charge is 2.37. The molecule has 0 spiro atoms. The summed E-state index contributed by atoms with van der Waals surface area (Å²) in [7, 11) is 1.64. The average molecular weight is 417 g/mol. The highest BCUT2D eigenvalue weighted by atomic mass is 32.2. The van der Waals surface area contributed by atoms with Crippen molar-refractivity contribution in [2.75, 3.05) is 26.7 Å². The number of hydrogen-bond donors (Lipinski definition) is 0. The molecule has 1 aromatic carbocycles. The predicted octanol–water partition coefficient (Wildman–Crippen LogP) is 4.18. The number of methoxy groups -OCH3 is 1. The molecule has 2 saturated heterocycles. The van der Waals surface area contributed by atoms with Crippen molar-refractivity contribution in [1.29, 1.82) is 0 Å². The molecule has 156 valence electrons. The van der Waals surface area contributed by atoms with E-state index >= 15 is 0 Å². The number of aryl methyl sites for hydroxylation is 1. The number of rotatable bonds is 5. The van der Waals surface area contributed by atoms with E-state index in [1.165, 1.54) is 0 Å². The molecule has 6 nitrogen and oxygen atoms in total. The minimum absolute atomic E-state index is 0.157. The fourth-order valence-corrected chi connectivity index (χ4v) is 4.48. The Hall–Kier alpha value is -2.28. The molecule has 0 radical (unpaired) electrons. The first-order chi connectivity index (χ1) is 13.8. The summed E-state index contributed by atoms with van der Waals surface area (Å²) in [6.07, 6.45) is 4.82. The number of imide groups is 1. The molecule has 7 heteroatoms. The molecule has 0 bridgehead atoms. The van der Waals surface area contributed by atoms with Crippen LogP contribution >= 0.6 is 11.8 Å². The molecular weight excluding hydrogens is 388 g/mol. The van der Waals surface area contributed by atoms with Gasteiger partial charge in [0.2, 0.25) is 5.91 Å². The van der Waals surface area contributed by atoms with Crippen molar-refractivity contribution in [1.82, 2.24) is 9.80 Å². The number of benzene rings is 1. The smallest absolute Gasteiger partial charge is 0.294 e. The normalized spacial score (nSPS) is 18.9. The quantitative estimate of drug-likeness (QED) is 0.674. The van der Waals surface area contributed by atoms with Gasteiger partial charge in [0.1, 0.15) is 12.3 Å². The first-order valence-corrected chi connectivity index (χ1v) is 10.8. The topological polar surface area (TPSA) is 66.9 Å². The van der Waals surface area contributed by atoms with Crippen molar-refractivity contribution in [2.45, 2.75) is 46.0 Å². The Morgan fingerprint density at radius 3 is 2.52 bits per heavy atom. The van der Waals surface area contributed by atoms with Crippen molar-refractivity contribution in [3.63, 3.8) is 0 Å². The molecule has 3 rings (SSSR count). The third kappa shape index (κ3) is 4.66. The van der Waals surface area contributed by atoms with Gasteiger partial charge in [-0.25, -0.2) is 0 Å². The zero-order valence-corrected chi connectivity index (χ0v) is 18.3. The molecule has 3 amide bonds. The van der Waals surface area contributed by atoms with Gasteiger partial charge in [-0.15, -0.1) is 0 Å². The minimum atomic E-state index is -0.397. The number of amides is 3. The molecular formula is C22H28N2O4S. The lowest BCUT2D eigenvalue weighted by atomic mass is 9.96. The Morgan fingerprint density at radius 2 is 1.90 bits per heavy atom. The largest absolute Gasteiger partial charge is 0.496 e. The Labute approximate surface area is 176 Å². The Morgan fingerprint density at radius 1 is 1.21 bits per heavy atom. The minimum Gasteiger partial charge on any atom is -0.496 e. The average Bonchev–Trinajstić information content (AvgIpc) is 2.96. The maximum Gasteiger partial charge on any atom is 0.294 e. The van der Waals surface area contributed by atoms with Crippen LogP contribution in [0, 0.1) is 6.92 Å². The van der Waals surface area contributed by atoms with Crippen molar-refractivity contribution in [3.05, 3.63) is 33.7 Å². The van der Waals surface area contributed by atoms with E-state index in [-0.39, 0.29) is 23.6 Å². The Balaban J connectivity index is 1.81. The third-order valence-corrected chi connectivity index (χ3v) is 6.31. The van der Waals surface area contributed by atoms with Crippen LogP contribution in [0.2, 0.25) is 0 Å². The van der Waals surface area contributed by atoms with Gasteiger partial charge in [0.15, 0.2) is 0 Å². The second kappa shape index (κ2) is 9.03. The van der Waals surface area contributed by atoms with E-state index in [1.807, 2.05) is 19.1 Å². The number of piperidine rings is 1. The van der Waals surface area contributed by atoms with Crippen molar-refractivity contribution in [2.24, 2.45) is 0 Å². The zero-order chi connectivity index (χ0) is 21.1. The summed E-state index contributed by atoms with van der Waals surface area (Å²) < 4.78 is 5.47. The van der Waals surface area contributed by atoms with Crippen LogP contribution in [0.15, 0.2) is 17.0 Å². The van der Waals surface area contributed by atoms with Crippen LogP contribution in [0.3, 0.4) is 0 Å². The predicted molar refractivity (Wildman–Crippen MR) is 115 cm³/mol. The van der Waals surface area contributed by atoms with Crippen LogP contribution in [-0.2, 0) is 9.59 Å². The van der Waals surface area contributed by atoms with Gasteiger partial charge in [0, 0.05) is 13.1 Å². The zero-order valence-electron chi connectivity index (χ0n) is 17.5. The molecule has 29 heavy (non-hydrogen) atoms. The summed E-state index contributed by atoms with van der Waals surface area (Å²) >= 11 is 0.895. The van der Waals surface area contributed by atoms with Crippen LogP contribution in [-0.4, -0.2) is 53.6 Å². The standard InChI is InChI=1S/C22H28N2O4S/c1-14(2)17-11-16(15(3)10-18(17)28-4)12-19-21(26)24(22(27)29-19)13-20(25)23-8-6-5-7-9-23/h10-12,14H,5-9,13H2,1-4H3/b19-12-. The molecule has 1 aromatic rings. The van der Waals surface area contributed by atoms with Gasteiger partial charge in [-0.1, -0.05) is 13.8 Å². The van der Waals surface area contributed by atoms with Crippen LogP contribution in [0.4, 0.5) is 4.79 Å². The third-order valence-electron chi connectivity index (χ3n) is 5.40. The molecule has 0 saturated carbocycles. The SMILES string of the molecule is COc1cc(C)c(/C=C2\SC(=O)N(CC(=O)N3CCCCC3)C2=O)cc1C(C)C. The van der Waals surface area contributed by atoms with Gasteiger partial charge >= 0.3 is 0 Å². The van der Waals surface area contributed by atoms with E-state index in [2.05, 4.69) is 13.8 Å². The van der Waals surface area contributed by atoms with E-state index in [9.17, 15) is 14.4 Å². The number of ether oxygens (including phenoxy) is 1. The van der Waals surface area contributed by atoms with E-state index in [4.69, 9.17) is 4.74 Å². The second-order valence-electron chi connectivity index (χ2n) is 7.81. The summed E-state index contributed by atoms with van der Waals surface area (Å²) in [5.41, 5.74) is 2.88. The first-order valence-electron chi connectivity index (χ1n) is 10.0. The summed E-state index contributed by atoms with van der Waals surface area (Å²) in [6.45, 7) is 7.33. The van der Waals surface area contributed by atoms with E-state index in [0.29, 0.717) is 18.0 Å². The number of likely N-dealkylation sites (tertiary alicyclic amines) is 1. The summed E-state index contributed by atoms with van der Waals surface area (Å²) in [4.78, 5) is 40.9. The highest BCUT2D eigenvalue weighted by Crippen LogP contribution is 2.35. The number of thioether (sulfide) groups is 1. The number of carbonyl (C=O) groups excluding carboxylic acids is 3. The maximum absolute atomic E-state index is 12.8. The lowest BCUT2D eigenvalue weighted by Crippen LogP contribution is -2.44. The molecule has 0 N–H and O–H groups in total. The molecule has 0 aromatic heterocycles. The molecule has 2 fully saturated rings. The van der Waals surface area contributed by atoms with Crippen LogP contribution in [0.25, 0.3) is 6.08 Å². The molecule has 0 atom stereocenters. The number of nitrogens with zero attached hydrogens (tertiary/aromatic N) is 2. The Kier molecular flexibility index (Phi) is 6.67. The van der Waals surface area contributed by atoms with Crippen LogP contribution in [0.1, 0.15) is 55.7 Å². The van der Waals surface area contributed by atoms with E-state index in [0.717, 1.165) is 58.4 Å². The summed E-state index contributed by atoms with van der Waals surface area (Å²) in [5, 5.41) is -0.387. The van der Waals surface area contributed by atoms with Crippen LogP contribution < -0.4 is 4.74 Å². The first kappa shape index (κ1) is 21.4. The van der Waals surface area contributed by atoms with Gasteiger partial charge < -0.3 is 9.64 Å². The van der Waals surface area contributed by atoms with E-state index < -0.39 is 5.91 Å². The second-order valence-corrected chi connectivity index (χ2v) is 8.81. The monoisotopic (exact) mass is 416 g/mol. The lowest BCUT2D eigenvalue weighted by molar-refractivity contribution is -0.136. The molecule has 2 heterocycles. The van der Waals surface area contributed by atoms with E-state index in [1.54, 1.807) is 18.1 Å². The summed E-state index contributed by atoms with van der Waals surface area (Å²) in [6, 6.07) is 3.96. The number of carbonyl (C=O) groups is 3. The highest BCUT2D eigenvalue weighted by molar-refractivity contribution is 8.18. The van der Waals surface area contributed by atoms with Gasteiger partial charge in [-0.2, -0.15) is 0 Å². The van der Waals surface area contributed by atoms with Crippen molar-refractivity contribution in [3.8, 4) is 5.75 Å². The van der Waals surface area contributed by atoms with Gasteiger partial charge in [-0.3, -0.25) is 19.3 Å². The van der Waals surface area contributed by atoms with Gasteiger partial charge in [0.25, 0.3) is 11.1 Å². The Bertz CT molecular complexity index is 857. The lowest BCUT2D eigenvalue weighted by Gasteiger charge is -2.27. The van der Waals surface area contributed by atoms with Gasteiger partial charge in [0.05, 0.1) is 12.0 Å². The fourth-order valence-electron chi connectivity index (χ4n) is 3.66. The summed E-state index contributed by atoms with van der Waals surface area (Å²) in [5.74, 6) is 0.521. The number of hydrogen-bond acceptors (Lipinski definition) is 5.